The third-order valence-corrected chi connectivity index (χ3v) is 4.57. The molecule has 138 valence electrons. The fourth-order valence-electron chi connectivity index (χ4n) is 3.45. The maximum absolute atomic E-state index is 11.7. The fraction of sp³-hybridized carbons (Fsp3) is 0.444. The first-order chi connectivity index (χ1) is 12.4. The molecule has 26 heavy (non-hydrogen) atoms. The van der Waals surface area contributed by atoms with Gasteiger partial charge in [-0.1, -0.05) is 12.1 Å². The van der Waals surface area contributed by atoms with E-state index >= 15 is 0 Å². The molecular weight excluding hydrogens is 344 g/mol. The van der Waals surface area contributed by atoms with Crippen LogP contribution in [0.5, 0.6) is 5.75 Å². The van der Waals surface area contributed by atoms with Crippen LogP contribution in [0.25, 0.3) is 11.0 Å². The number of carbonyl (C=O) groups is 1. The number of hydrogen-bond acceptors (Lipinski definition) is 8. The maximum Gasteiger partial charge on any atom is 0.509 e. The van der Waals surface area contributed by atoms with Crippen LogP contribution in [0.1, 0.15) is 13.8 Å². The monoisotopic (exact) mass is 362 g/mol. The third-order valence-electron chi connectivity index (χ3n) is 4.57. The Hall–Kier alpha value is -2.58. The summed E-state index contributed by atoms with van der Waals surface area (Å²) in [6, 6.07) is 8.18. The number of methoxy groups -OCH3 is 1. The van der Waals surface area contributed by atoms with Gasteiger partial charge < -0.3 is 28.1 Å². The number of fused-ring (bicyclic) bond motifs is 2. The average Bonchev–Trinajstić information content (AvgIpc) is 2.96. The molecule has 1 aromatic heterocycles. The lowest BCUT2D eigenvalue weighted by Gasteiger charge is -2.44. The van der Waals surface area contributed by atoms with Gasteiger partial charge in [0.25, 0.3) is 0 Å². The Bertz CT molecular complexity index is 901. The molecule has 3 heterocycles. The van der Waals surface area contributed by atoms with Crippen molar-refractivity contribution in [2.45, 2.75) is 44.1 Å². The Morgan fingerprint density at radius 3 is 2.58 bits per heavy atom. The van der Waals surface area contributed by atoms with Gasteiger partial charge in [0.15, 0.2) is 17.4 Å². The number of benzene rings is 1. The van der Waals surface area contributed by atoms with Crippen LogP contribution in [0.3, 0.4) is 0 Å². The average molecular weight is 362 g/mol. The molecule has 2 aromatic rings. The molecule has 4 atom stereocenters. The Morgan fingerprint density at radius 1 is 1.04 bits per heavy atom. The summed E-state index contributed by atoms with van der Waals surface area (Å²) in [6.45, 7) is 3.62. The first-order valence-electron chi connectivity index (χ1n) is 8.16. The van der Waals surface area contributed by atoms with E-state index in [0.29, 0.717) is 11.1 Å². The highest BCUT2D eigenvalue weighted by molar-refractivity contribution is 5.82. The van der Waals surface area contributed by atoms with E-state index in [4.69, 9.17) is 28.1 Å². The summed E-state index contributed by atoms with van der Waals surface area (Å²) in [6.07, 6.45) is -3.77. The van der Waals surface area contributed by atoms with E-state index in [1.165, 1.54) is 13.2 Å². The Kier molecular flexibility index (Phi) is 3.89. The summed E-state index contributed by atoms with van der Waals surface area (Å²) in [5.74, 6) is 0.304. The highest BCUT2D eigenvalue weighted by atomic mass is 16.8. The van der Waals surface area contributed by atoms with Gasteiger partial charge in [0.2, 0.25) is 12.4 Å². The molecule has 2 aliphatic rings. The molecule has 4 rings (SSSR count). The Morgan fingerprint density at radius 2 is 1.81 bits per heavy atom. The molecule has 0 amide bonds. The molecule has 1 aromatic carbocycles. The minimum Gasteiger partial charge on any atom is -0.457 e. The van der Waals surface area contributed by atoms with Crippen LogP contribution in [0.15, 0.2) is 39.5 Å². The predicted octanol–water partition coefficient (Wildman–Crippen LogP) is 2.23. The first-order valence-corrected chi connectivity index (χ1v) is 8.16. The summed E-state index contributed by atoms with van der Waals surface area (Å²) < 4.78 is 33.1. The Balaban J connectivity index is 1.71. The standard InChI is InChI=1S/C18H18O8/c1-18(2)15(21-3)13-14(25-17(20)24-13)16(26-18)22-10-6-4-5-9-7-8-11(19)23-12(9)10/h4-8,13-16H,1-3H3/t13?,14-,15+,16?/m0/s1. The van der Waals surface area contributed by atoms with Crippen LogP contribution in [0.2, 0.25) is 0 Å². The van der Waals surface area contributed by atoms with Crippen molar-refractivity contribution in [3.63, 3.8) is 0 Å². The molecule has 2 unspecified atom stereocenters. The zero-order valence-corrected chi connectivity index (χ0v) is 14.5. The molecule has 2 fully saturated rings. The van der Waals surface area contributed by atoms with Gasteiger partial charge in [0, 0.05) is 18.6 Å². The van der Waals surface area contributed by atoms with E-state index in [0.717, 1.165) is 0 Å². The first kappa shape index (κ1) is 16.9. The molecular formula is C18H18O8. The smallest absolute Gasteiger partial charge is 0.457 e. The molecule has 0 aliphatic carbocycles. The van der Waals surface area contributed by atoms with Gasteiger partial charge in [-0.2, -0.15) is 0 Å². The molecule has 0 radical (unpaired) electrons. The zero-order valence-electron chi connectivity index (χ0n) is 14.5. The summed E-state index contributed by atoms with van der Waals surface area (Å²) >= 11 is 0. The van der Waals surface area contributed by atoms with Crippen molar-refractivity contribution in [2.75, 3.05) is 7.11 Å². The topological polar surface area (TPSA) is 93.4 Å². The van der Waals surface area contributed by atoms with Crippen molar-refractivity contribution in [1.29, 1.82) is 0 Å². The van der Waals surface area contributed by atoms with E-state index < -0.39 is 42.0 Å². The van der Waals surface area contributed by atoms with Gasteiger partial charge in [-0.25, -0.2) is 9.59 Å². The van der Waals surface area contributed by atoms with Crippen LogP contribution < -0.4 is 10.4 Å². The normalized spacial score (nSPS) is 29.7. The fourth-order valence-corrected chi connectivity index (χ4v) is 3.45. The van der Waals surface area contributed by atoms with Crippen LogP contribution in [-0.2, 0) is 18.9 Å². The van der Waals surface area contributed by atoms with Crippen LogP contribution in [0, 0.1) is 0 Å². The van der Waals surface area contributed by atoms with Crippen molar-refractivity contribution in [1.82, 2.24) is 0 Å². The molecule has 2 saturated heterocycles. The van der Waals surface area contributed by atoms with Gasteiger partial charge in [-0.3, -0.25) is 0 Å². The summed E-state index contributed by atoms with van der Waals surface area (Å²) in [5.41, 5.74) is -1.01. The molecule has 2 aliphatic heterocycles. The second kappa shape index (κ2) is 6.00. The molecule has 8 nitrogen and oxygen atoms in total. The van der Waals surface area contributed by atoms with E-state index in [1.807, 2.05) is 13.8 Å². The van der Waals surface area contributed by atoms with Crippen LogP contribution >= 0.6 is 0 Å². The molecule has 0 saturated carbocycles. The van der Waals surface area contributed by atoms with Gasteiger partial charge in [0.05, 0.1) is 5.60 Å². The predicted molar refractivity (Wildman–Crippen MR) is 88.0 cm³/mol. The minimum atomic E-state index is -0.955. The lowest BCUT2D eigenvalue weighted by molar-refractivity contribution is -0.282. The third kappa shape index (κ3) is 2.71. The molecule has 8 heteroatoms. The number of para-hydroxylation sites is 1. The van der Waals surface area contributed by atoms with Crippen molar-refractivity contribution in [3.8, 4) is 5.75 Å². The Labute approximate surface area is 148 Å². The quantitative estimate of drug-likeness (QED) is 0.606. The van der Waals surface area contributed by atoms with Gasteiger partial charge in [-0.15, -0.1) is 0 Å². The largest absolute Gasteiger partial charge is 0.509 e. The SMILES string of the molecule is CO[C@@H]1C2OC(=O)O[C@@H]2C(Oc2cccc3ccc(=O)oc23)OC1(C)C. The maximum atomic E-state index is 11.7. The highest BCUT2D eigenvalue weighted by Crippen LogP contribution is 2.39. The molecule has 0 N–H and O–H groups in total. The van der Waals surface area contributed by atoms with Crippen molar-refractivity contribution >= 4 is 17.1 Å². The lowest BCUT2D eigenvalue weighted by atomic mass is 9.89. The van der Waals surface area contributed by atoms with E-state index in [2.05, 4.69) is 0 Å². The minimum absolute atomic E-state index is 0.289. The summed E-state index contributed by atoms with van der Waals surface area (Å²) in [5, 5.41) is 0.697. The second-order valence-corrected chi connectivity index (χ2v) is 6.71. The van der Waals surface area contributed by atoms with Gasteiger partial charge in [-0.05, 0) is 26.0 Å². The summed E-state index contributed by atoms with van der Waals surface area (Å²) in [4.78, 5) is 23.2. The highest BCUT2D eigenvalue weighted by Gasteiger charge is 2.58. The summed E-state index contributed by atoms with van der Waals surface area (Å²) in [7, 11) is 1.51. The van der Waals surface area contributed by atoms with Crippen molar-refractivity contribution < 1.29 is 32.9 Å². The lowest BCUT2D eigenvalue weighted by Crippen LogP contribution is -2.62. The van der Waals surface area contributed by atoms with E-state index in [9.17, 15) is 9.59 Å². The molecule has 0 bridgehead atoms. The van der Waals surface area contributed by atoms with Crippen molar-refractivity contribution in [2.24, 2.45) is 0 Å². The van der Waals surface area contributed by atoms with Gasteiger partial charge >= 0.3 is 11.8 Å². The van der Waals surface area contributed by atoms with E-state index in [1.54, 1.807) is 24.3 Å². The van der Waals surface area contributed by atoms with Crippen LogP contribution in [0.4, 0.5) is 4.79 Å². The number of hydrogen-bond donors (Lipinski definition) is 0. The number of rotatable bonds is 3. The zero-order chi connectivity index (χ0) is 18.5. The van der Waals surface area contributed by atoms with Crippen molar-refractivity contribution in [3.05, 3.63) is 40.8 Å². The number of carbonyl (C=O) groups excluding carboxylic acids is 1. The number of ether oxygens (including phenoxy) is 5. The molecule has 0 spiro atoms. The second-order valence-electron chi connectivity index (χ2n) is 6.71. The van der Waals surface area contributed by atoms with Gasteiger partial charge in [0.1, 0.15) is 6.10 Å². The van der Waals surface area contributed by atoms with Crippen LogP contribution in [-0.4, -0.2) is 43.5 Å². The van der Waals surface area contributed by atoms with E-state index in [-0.39, 0.29) is 5.58 Å².